The van der Waals surface area contributed by atoms with Gasteiger partial charge < -0.3 is 10.6 Å². The summed E-state index contributed by atoms with van der Waals surface area (Å²) in [5.41, 5.74) is 2.29. The summed E-state index contributed by atoms with van der Waals surface area (Å²) in [5.74, 6) is 0.774. The molecule has 1 saturated heterocycles. The van der Waals surface area contributed by atoms with Gasteiger partial charge in [0.1, 0.15) is 0 Å². The van der Waals surface area contributed by atoms with Crippen molar-refractivity contribution in [1.29, 1.82) is 5.26 Å². The Hall–Kier alpha value is -1.53. The van der Waals surface area contributed by atoms with Gasteiger partial charge in [-0.25, -0.2) is 0 Å². The first-order valence-electron chi connectivity index (χ1n) is 7.82. The Balaban J connectivity index is 1.62. The van der Waals surface area contributed by atoms with Gasteiger partial charge in [0.05, 0.1) is 12.5 Å². The summed E-state index contributed by atoms with van der Waals surface area (Å²) in [6.07, 6.45) is 7.14. The third-order valence-corrected chi connectivity index (χ3v) is 4.77. The molecule has 20 heavy (non-hydrogen) atoms. The third-order valence-electron chi connectivity index (χ3n) is 4.77. The lowest BCUT2D eigenvalue weighted by Gasteiger charge is -2.27. The van der Waals surface area contributed by atoms with Crippen molar-refractivity contribution < 1.29 is 0 Å². The van der Waals surface area contributed by atoms with Gasteiger partial charge in [-0.05, 0) is 55.8 Å². The van der Waals surface area contributed by atoms with Crippen molar-refractivity contribution in [3.63, 3.8) is 0 Å². The molecule has 2 N–H and O–H groups in total. The average molecular weight is 269 g/mol. The van der Waals surface area contributed by atoms with Crippen molar-refractivity contribution in [1.82, 2.24) is 5.32 Å². The molecule has 0 amide bonds. The monoisotopic (exact) mass is 269 g/mol. The van der Waals surface area contributed by atoms with Crippen LogP contribution in [0.2, 0.25) is 0 Å². The largest absolute Gasteiger partial charge is 0.382 e. The van der Waals surface area contributed by atoms with Gasteiger partial charge in [0.2, 0.25) is 0 Å². The van der Waals surface area contributed by atoms with Crippen LogP contribution in [0.4, 0.5) is 5.69 Å². The van der Waals surface area contributed by atoms with Gasteiger partial charge in [0, 0.05) is 17.8 Å². The van der Waals surface area contributed by atoms with E-state index in [-0.39, 0.29) is 0 Å². The van der Waals surface area contributed by atoms with E-state index in [0.29, 0.717) is 18.5 Å². The fraction of sp³-hybridized carbons (Fsp3) is 0.588. The summed E-state index contributed by atoms with van der Waals surface area (Å²) < 4.78 is 0. The van der Waals surface area contributed by atoms with E-state index in [0.717, 1.165) is 11.5 Å². The SMILES string of the molecule is N#CCc1ccc(NC2CCCC2C2CCCN2)cc1. The molecular weight excluding hydrogens is 246 g/mol. The third kappa shape index (κ3) is 2.96. The van der Waals surface area contributed by atoms with Crippen molar-refractivity contribution in [2.45, 2.75) is 50.6 Å². The molecule has 0 spiro atoms. The molecule has 2 aliphatic rings. The van der Waals surface area contributed by atoms with E-state index in [2.05, 4.69) is 41.0 Å². The summed E-state index contributed by atoms with van der Waals surface area (Å²) in [6.45, 7) is 1.19. The highest BCUT2D eigenvalue weighted by atomic mass is 15.0. The lowest BCUT2D eigenvalue weighted by molar-refractivity contribution is 0.376. The first kappa shape index (κ1) is 13.5. The molecule has 3 atom stereocenters. The highest BCUT2D eigenvalue weighted by Gasteiger charge is 2.34. The second-order valence-corrected chi connectivity index (χ2v) is 6.08. The van der Waals surface area contributed by atoms with Crippen molar-refractivity contribution in [2.75, 3.05) is 11.9 Å². The predicted molar refractivity (Wildman–Crippen MR) is 81.5 cm³/mol. The molecule has 106 valence electrons. The smallest absolute Gasteiger partial charge is 0.0669 e. The van der Waals surface area contributed by atoms with Crippen LogP contribution in [-0.4, -0.2) is 18.6 Å². The van der Waals surface area contributed by atoms with Crippen molar-refractivity contribution in [2.24, 2.45) is 5.92 Å². The van der Waals surface area contributed by atoms with Crippen LogP contribution in [-0.2, 0) is 6.42 Å². The number of nitrogens with zero attached hydrogens (tertiary/aromatic N) is 1. The van der Waals surface area contributed by atoms with E-state index in [4.69, 9.17) is 5.26 Å². The number of nitrogens with one attached hydrogen (secondary N) is 2. The van der Waals surface area contributed by atoms with E-state index in [1.165, 1.54) is 44.3 Å². The van der Waals surface area contributed by atoms with Crippen molar-refractivity contribution in [3.05, 3.63) is 29.8 Å². The van der Waals surface area contributed by atoms with E-state index >= 15 is 0 Å². The number of hydrogen-bond donors (Lipinski definition) is 2. The van der Waals surface area contributed by atoms with E-state index in [1.54, 1.807) is 0 Å². The molecule has 1 aliphatic heterocycles. The highest BCUT2D eigenvalue weighted by Crippen LogP contribution is 2.33. The Morgan fingerprint density at radius 3 is 2.70 bits per heavy atom. The van der Waals surface area contributed by atoms with Crippen LogP contribution in [0.1, 0.15) is 37.7 Å². The van der Waals surface area contributed by atoms with Gasteiger partial charge in [-0.1, -0.05) is 18.6 Å². The topological polar surface area (TPSA) is 47.9 Å². The van der Waals surface area contributed by atoms with Gasteiger partial charge >= 0.3 is 0 Å². The van der Waals surface area contributed by atoms with Gasteiger partial charge in [0.15, 0.2) is 0 Å². The zero-order valence-electron chi connectivity index (χ0n) is 11.9. The second kappa shape index (κ2) is 6.28. The molecule has 3 rings (SSSR count). The molecule has 2 fully saturated rings. The Morgan fingerprint density at radius 2 is 2.00 bits per heavy atom. The van der Waals surface area contributed by atoms with Crippen molar-refractivity contribution >= 4 is 5.69 Å². The van der Waals surface area contributed by atoms with E-state index in [9.17, 15) is 0 Å². The van der Waals surface area contributed by atoms with Crippen LogP contribution in [0.5, 0.6) is 0 Å². The summed E-state index contributed by atoms with van der Waals surface area (Å²) >= 11 is 0. The molecule has 1 heterocycles. The predicted octanol–water partition coefficient (Wildman–Crippen LogP) is 3.09. The summed E-state index contributed by atoms with van der Waals surface area (Å²) in [4.78, 5) is 0. The van der Waals surface area contributed by atoms with E-state index in [1.807, 2.05) is 0 Å². The molecule has 0 radical (unpaired) electrons. The highest BCUT2D eigenvalue weighted by molar-refractivity contribution is 5.46. The van der Waals surface area contributed by atoms with Crippen LogP contribution >= 0.6 is 0 Å². The second-order valence-electron chi connectivity index (χ2n) is 6.08. The maximum absolute atomic E-state index is 8.70. The van der Waals surface area contributed by atoms with Crippen LogP contribution in [0.25, 0.3) is 0 Å². The number of nitriles is 1. The normalized spacial score (nSPS) is 29.2. The fourth-order valence-electron chi connectivity index (χ4n) is 3.75. The number of benzene rings is 1. The minimum Gasteiger partial charge on any atom is -0.382 e. The Kier molecular flexibility index (Phi) is 4.22. The fourth-order valence-corrected chi connectivity index (χ4v) is 3.75. The Bertz CT molecular complexity index is 468. The van der Waals surface area contributed by atoms with Gasteiger partial charge in [0.25, 0.3) is 0 Å². The van der Waals surface area contributed by atoms with E-state index < -0.39 is 0 Å². The molecule has 1 aromatic carbocycles. The minimum atomic E-state index is 0.498. The van der Waals surface area contributed by atoms with Crippen LogP contribution < -0.4 is 10.6 Å². The molecule has 0 aromatic heterocycles. The van der Waals surface area contributed by atoms with Gasteiger partial charge in [-0.2, -0.15) is 5.26 Å². The number of hydrogen-bond acceptors (Lipinski definition) is 3. The molecule has 1 aliphatic carbocycles. The van der Waals surface area contributed by atoms with Gasteiger partial charge in [-0.15, -0.1) is 0 Å². The number of anilines is 1. The van der Waals surface area contributed by atoms with Crippen LogP contribution in [0.3, 0.4) is 0 Å². The van der Waals surface area contributed by atoms with Gasteiger partial charge in [-0.3, -0.25) is 0 Å². The summed E-state index contributed by atoms with van der Waals surface area (Å²) in [6, 6.07) is 11.9. The van der Waals surface area contributed by atoms with Crippen molar-refractivity contribution in [3.8, 4) is 6.07 Å². The molecule has 0 bridgehead atoms. The average Bonchev–Trinajstić information content (AvgIpc) is 3.12. The maximum atomic E-state index is 8.70. The molecular formula is C17H23N3. The standard InChI is InChI=1S/C17H23N3/c18-11-10-13-6-8-14(9-7-13)20-17-4-1-3-15(17)16-5-2-12-19-16/h6-9,15-17,19-20H,1-5,10,12H2. The molecule has 1 saturated carbocycles. The molecule has 3 unspecified atom stereocenters. The Labute approximate surface area is 121 Å². The lowest BCUT2D eigenvalue weighted by atomic mass is 9.93. The number of rotatable bonds is 4. The first-order chi connectivity index (χ1) is 9.86. The first-order valence-corrected chi connectivity index (χ1v) is 7.82. The summed E-state index contributed by atoms with van der Waals surface area (Å²) in [5, 5.41) is 16.1. The lowest BCUT2D eigenvalue weighted by Crippen LogP contribution is -2.38. The zero-order valence-corrected chi connectivity index (χ0v) is 11.9. The minimum absolute atomic E-state index is 0.498. The molecule has 3 heteroatoms. The quantitative estimate of drug-likeness (QED) is 0.883. The maximum Gasteiger partial charge on any atom is 0.0669 e. The van der Waals surface area contributed by atoms with Crippen LogP contribution in [0, 0.1) is 17.2 Å². The van der Waals surface area contributed by atoms with Crippen LogP contribution in [0.15, 0.2) is 24.3 Å². The summed E-state index contributed by atoms with van der Waals surface area (Å²) in [7, 11) is 0. The molecule has 3 nitrogen and oxygen atoms in total. The zero-order chi connectivity index (χ0) is 13.8. The molecule has 1 aromatic rings. The Morgan fingerprint density at radius 1 is 1.15 bits per heavy atom.